The molecular formula is C31H48F6O5Si. The van der Waals surface area contributed by atoms with Crippen molar-refractivity contribution in [2.24, 2.45) is 5.41 Å². The van der Waals surface area contributed by atoms with E-state index in [0.717, 1.165) is 11.6 Å². The van der Waals surface area contributed by atoms with Gasteiger partial charge in [0.2, 0.25) is 0 Å². The summed E-state index contributed by atoms with van der Waals surface area (Å²) in [6, 6.07) is 0.449. The van der Waals surface area contributed by atoms with Crippen molar-refractivity contribution in [2.75, 3.05) is 0 Å². The first kappa shape index (κ1) is 38.9. The number of halogens is 6. The Hall–Kier alpha value is -2.08. The summed E-state index contributed by atoms with van der Waals surface area (Å²) in [5.41, 5.74) is -3.91. The molecule has 248 valence electrons. The quantitative estimate of drug-likeness (QED) is 0.0585. The topological polar surface area (TPSA) is 61.8 Å². The van der Waals surface area contributed by atoms with Crippen molar-refractivity contribution in [2.45, 2.75) is 142 Å². The molecule has 5 nitrogen and oxygen atoms in total. The van der Waals surface area contributed by atoms with Gasteiger partial charge in [-0.05, 0) is 55.3 Å². The molecule has 0 amide bonds. The molecule has 0 saturated heterocycles. The average Bonchev–Trinajstić information content (AvgIpc) is 2.86. The fourth-order valence-corrected chi connectivity index (χ4v) is 8.28. The molecule has 2 atom stereocenters. The number of esters is 2. The van der Waals surface area contributed by atoms with Crippen molar-refractivity contribution in [3.05, 3.63) is 36.0 Å². The number of ether oxygens (including phenoxy) is 2. The number of carbonyl (C=O) groups excluding carboxylic acids is 2. The van der Waals surface area contributed by atoms with Crippen LogP contribution in [0.5, 0.6) is 0 Å². The monoisotopic (exact) mass is 642 g/mol. The van der Waals surface area contributed by atoms with Gasteiger partial charge in [0.15, 0.2) is 8.32 Å². The van der Waals surface area contributed by atoms with Crippen LogP contribution >= 0.6 is 0 Å². The second-order valence-electron chi connectivity index (χ2n) is 12.1. The Morgan fingerprint density at radius 1 is 0.860 bits per heavy atom. The van der Waals surface area contributed by atoms with E-state index in [-0.39, 0.29) is 42.8 Å². The van der Waals surface area contributed by atoms with Crippen molar-refractivity contribution in [1.29, 1.82) is 0 Å². The molecule has 1 saturated carbocycles. The number of carbonyl (C=O) groups is 2. The summed E-state index contributed by atoms with van der Waals surface area (Å²) < 4.78 is 100. The normalized spacial score (nSPS) is 19.2. The number of alkyl halides is 6. The van der Waals surface area contributed by atoms with Crippen LogP contribution in [0.2, 0.25) is 18.1 Å². The predicted octanol–water partition coefficient (Wildman–Crippen LogP) is 9.54. The molecule has 2 unspecified atom stereocenters. The largest absolute Gasteiger partial charge is 0.462 e. The first-order valence-corrected chi connectivity index (χ1v) is 17.5. The lowest BCUT2D eigenvalue weighted by molar-refractivity contribution is -0.341. The van der Waals surface area contributed by atoms with Crippen LogP contribution in [0, 0.1) is 5.41 Å². The number of allylic oxidation sites excluding steroid dienone is 4. The molecule has 43 heavy (non-hydrogen) atoms. The number of hydrogen-bond donors (Lipinski definition) is 0. The highest BCUT2D eigenvalue weighted by molar-refractivity contribution is 6.73. The highest BCUT2D eigenvalue weighted by atomic mass is 28.4. The first-order chi connectivity index (χ1) is 19.7. The minimum absolute atomic E-state index is 0.0199. The highest BCUT2D eigenvalue weighted by Gasteiger charge is 2.72. The van der Waals surface area contributed by atoms with Gasteiger partial charge in [0.25, 0.3) is 5.60 Å². The zero-order chi connectivity index (χ0) is 33.1. The highest BCUT2D eigenvalue weighted by Crippen LogP contribution is 2.50. The Labute approximate surface area is 253 Å². The van der Waals surface area contributed by atoms with E-state index in [4.69, 9.17) is 13.9 Å². The van der Waals surface area contributed by atoms with Gasteiger partial charge in [0, 0.05) is 33.1 Å². The van der Waals surface area contributed by atoms with Crippen molar-refractivity contribution in [3.63, 3.8) is 0 Å². The van der Waals surface area contributed by atoms with Crippen LogP contribution in [0.3, 0.4) is 0 Å². The molecule has 0 aromatic heterocycles. The van der Waals surface area contributed by atoms with Gasteiger partial charge in [-0.1, -0.05) is 64.5 Å². The van der Waals surface area contributed by atoms with Gasteiger partial charge in [-0.15, -0.1) is 0 Å². The summed E-state index contributed by atoms with van der Waals surface area (Å²) in [7, 11) is -3.28. The summed E-state index contributed by atoms with van der Waals surface area (Å²) in [5.74, 6) is -0.817. The molecule has 0 aliphatic heterocycles. The second kappa shape index (κ2) is 16.3. The molecule has 0 N–H and O–H groups in total. The molecule has 1 aliphatic carbocycles. The molecule has 1 rings (SSSR count). The SMILES string of the molecule is CC[Si](CC)(CC)OC(C=CCC(C)(C)CCCC=CC=C1CC(OC(C)=O)CC(OC(C)=O)C1)(C(F)(F)F)C(F)(F)F. The molecule has 1 aliphatic rings. The summed E-state index contributed by atoms with van der Waals surface area (Å²) in [4.78, 5) is 22.8. The maximum Gasteiger partial charge on any atom is 0.429 e. The molecule has 0 bridgehead atoms. The van der Waals surface area contributed by atoms with Crippen molar-refractivity contribution < 1.29 is 49.8 Å². The lowest BCUT2D eigenvalue weighted by Gasteiger charge is -2.42. The summed E-state index contributed by atoms with van der Waals surface area (Å²) in [6.45, 7) is 11.0. The molecule has 0 aromatic carbocycles. The summed E-state index contributed by atoms with van der Waals surface area (Å²) >= 11 is 0. The van der Waals surface area contributed by atoms with Crippen molar-refractivity contribution in [3.8, 4) is 0 Å². The van der Waals surface area contributed by atoms with Crippen LogP contribution in [-0.2, 0) is 23.5 Å². The Balaban J connectivity index is 2.89. The third-order valence-electron chi connectivity index (χ3n) is 8.04. The van der Waals surface area contributed by atoms with Crippen LogP contribution in [0.25, 0.3) is 0 Å². The van der Waals surface area contributed by atoms with E-state index >= 15 is 0 Å². The molecule has 12 heteroatoms. The Morgan fingerprint density at radius 2 is 1.35 bits per heavy atom. The maximum atomic E-state index is 14.1. The van der Waals surface area contributed by atoms with Crippen LogP contribution in [0.15, 0.2) is 36.0 Å². The molecule has 0 radical (unpaired) electrons. The Bertz CT molecular complexity index is 947. The molecule has 1 fully saturated rings. The second-order valence-corrected chi connectivity index (χ2v) is 16.8. The van der Waals surface area contributed by atoms with Gasteiger partial charge in [-0.2, -0.15) is 26.3 Å². The smallest absolute Gasteiger partial charge is 0.429 e. The molecule has 0 aromatic rings. The number of hydrogen-bond acceptors (Lipinski definition) is 5. The van der Waals surface area contributed by atoms with Gasteiger partial charge in [-0.25, -0.2) is 0 Å². The van der Waals surface area contributed by atoms with E-state index in [1.165, 1.54) is 13.8 Å². The zero-order valence-corrected chi connectivity index (χ0v) is 27.4. The predicted molar refractivity (Wildman–Crippen MR) is 157 cm³/mol. The first-order valence-electron chi connectivity index (χ1n) is 15.0. The van der Waals surface area contributed by atoms with E-state index in [1.54, 1.807) is 20.8 Å². The fraction of sp³-hybridized carbons (Fsp3) is 0.742. The third kappa shape index (κ3) is 12.1. The minimum atomic E-state index is -5.66. The van der Waals surface area contributed by atoms with E-state index in [2.05, 4.69) is 0 Å². The van der Waals surface area contributed by atoms with E-state index in [0.29, 0.717) is 38.5 Å². The van der Waals surface area contributed by atoms with Crippen LogP contribution in [-0.4, -0.2) is 50.4 Å². The van der Waals surface area contributed by atoms with Crippen molar-refractivity contribution >= 4 is 20.3 Å². The summed E-state index contributed by atoms with van der Waals surface area (Å²) in [6.07, 6.45) is -1.84. The maximum absolute atomic E-state index is 14.1. The zero-order valence-electron chi connectivity index (χ0n) is 26.4. The average molecular weight is 643 g/mol. The third-order valence-corrected chi connectivity index (χ3v) is 12.7. The number of unbranched alkanes of at least 4 members (excludes halogenated alkanes) is 1. The van der Waals surface area contributed by atoms with E-state index in [9.17, 15) is 35.9 Å². The molecular weight excluding hydrogens is 594 g/mol. The number of rotatable bonds is 15. The van der Waals surface area contributed by atoms with Gasteiger partial charge >= 0.3 is 24.3 Å². The standard InChI is InChI=1S/C31H48F6O5Si/c1-8-43(9-2,10-3)42-29(30(32,33)34,31(35,36)37)19-15-18-28(6,7)17-14-12-11-13-16-25-20-26(40-23(4)38)22-27(21-25)41-24(5)39/h11,13,15-16,19,26-27H,8-10,12,14,17-18,20-22H2,1-7H3. The Kier molecular flexibility index (Phi) is 14.8. The van der Waals surface area contributed by atoms with Crippen LogP contribution < -0.4 is 0 Å². The minimum Gasteiger partial charge on any atom is -0.462 e. The van der Waals surface area contributed by atoms with Crippen LogP contribution in [0.4, 0.5) is 26.3 Å². The lowest BCUT2D eigenvalue weighted by atomic mass is 9.83. The Morgan fingerprint density at radius 3 is 1.77 bits per heavy atom. The molecule has 0 spiro atoms. The van der Waals surface area contributed by atoms with Gasteiger partial charge in [0.05, 0.1) is 0 Å². The fourth-order valence-electron chi connectivity index (χ4n) is 5.37. The van der Waals surface area contributed by atoms with Gasteiger partial charge in [0.1, 0.15) is 12.2 Å². The van der Waals surface area contributed by atoms with E-state index < -0.39 is 43.6 Å². The van der Waals surface area contributed by atoms with Gasteiger partial charge < -0.3 is 13.9 Å². The summed E-state index contributed by atoms with van der Waals surface area (Å²) in [5, 5.41) is 0. The van der Waals surface area contributed by atoms with E-state index in [1.807, 2.05) is 32.1 Å². The lowest BCUT2D eigenvalue weighted by Crippen LogP contribution is -2.62. The van der Waals surface area contributed by atoms with Crippen LogP contribution in [0.1, 0.15) is 93.4 Å². The van der Waals surface area contributed by atoms with Gasteiger partial charge in [-0.3, -0.25) is 9.59 Å². The molecule has 0 heterocycles. The van der Waals surface area contributed by atoms with Crippen molar-refractivity contribution in [1.82, 2.24) is 0 Å².